The number of nitrogens with one attached hydrogen (secondary N) is 1. The highest BCUT2D eigenvalue weighted by Crippen LogP contribution is 2.28. The number of benzene rings is 1. The van der Waals surface area contributed by atoms with Crippen molar-refractivity contribution in [1.29, 1.82) is 0 Å². The molecule has 21 heavy (non-hydrogen) atoms. The van der Waals surface area contributed by atoms with Crippen LogP contribution in [0.2, 0.25) is 0 Å². The van der Waals surface area contributed by atoms with E-state index in [1.54, 1.807) is 24.3 Å². The van der Waals surface area contributed by atoms with E-state index in [2.05, 4.69) is 25.6 Å². The maximum Gasteiger partial charge on any atom is 0.266 e. The molecule has 0 saturated heterocycles. The van der Waals surface area contributed by atoms with Gasteiger partial charge in [0.1, 0.15) is 10.6 Å². The quantitative estimate of drug-likeness (QED) is 0.839. The van der Waals surface area contributed by atoms with Crippen molar-refractivity contribution in [3.05, 3.63) is 46.6 Å². The predicted octanol–water partition coefficient (Wildman–Crippen LogP) is 2.11. The summed E-state index contributed by atoms with van der Waals surface area (Å²) in [6.45, 7) is 0.301. The fourth-order valence-corrected chi connectivity index (χ4v) is 3.37. The Morgan fingerprint density at radius 3 is 2.76 bits per heavy atom. The highest BCUT2D eigenvalue weighted by Gasteiger charge is 2.21. The number of pyridine rings is 1. The average Bonchev–Trinajstić information content (AvgIpc) is 2.48. The lowest BCUT2D eigenvalue weighted by atomic mass is 10.2. The minimum atomic E-state index is -3.81. The van der Waals surface area contributed by atoms with Crippen LogP contribution in [0.5, 0.6) is 5.75 Å². The molecule has 0 fully saturated rings. The van der Waals surface area contributed by atoms with Gasteiger partial charge in [0.25, 0.3) is 10.0 Å². The standard InChI is InChI=1S/C13H14BrN3O3S/c1-20-11-7-9(8-15)4-5-12(11)21(18,19)17-13-10(14)3-2-6-16-13/h2-7H,8,15H2,1H3,(H,16,17). The molecule has 0 saturated carbocycles. The summed E-state index contributed by atoms with van der Waals surface area (Å²) in [5.41, 5.74) is 6.32. The average molecular weight is 372 g/mol. The summed E-state index contributed by atoms with van der Waals surface area (Å²) < 4.78 is 33.0. The molecule has 0 amide bonds. The first kappa shape index (κ1) is 15.7. The van der Waals surface area contributed by atoms with Crippen LogP contribution < -0.4 is 15.2 Å². The second-order valence-electron chi connectivity index (χ2n) is 4.13. The summed E-state index contributed by atoms with van der Waals surface area (Å²) in [5, 5.41) is 0. The third-order valence-corrected chi connectivity index (χ3v) is 4.76. The maximum atomic E-state index is 12.4. The van der Waals surface area contributed by atoms with Crippen molar-refractivity contribution < 1.29 is 13.2 Å². The molecule has 0 spiro atoms. The maximum absolute atomic E-state index is 12.4. The summed E-state index contributed by atoms with van der Waals surface area (Å²) in [7, 11) is -2.40. The van der Waals surface area contributed by atoms with E-state index in [0.717, 1.165) is 5.56 Å². The second-order valence-corrected chi connectivity index (χ2v) is 6.63. The van der Waals surface area contributed by atoms with Crippen molar-refractivity contribution >= 4 is 31.8 Å². The molecule has 0 unspecified atom stereocenters. The Morgan fingerprint density at radius 2 is 2.14 bits per heavy atom. The first-order valence-corrected chi connectivity index (χ1v) is 8.26. The van der Waals surface area contributed by atoms with Gasteiger partial charge in [0.15, 0.2) is 5.82 Å². The Balaban J connectivity index is 2.42. The van der Waals surface area contributed by atoms with E-state index in [-0.39, 0.29) is 16.5 Å². The van der Waals surface area contributed by atoms with E-state index in [0.29, 0.717) is 11.0 Å². The molecule has 2 aromatic rings. The number of anilines is 1. The highest BCUT2D eigenvalue weighted by atomic mass is 79.9. The van der Waals surface area contributed by atoms with Crippen molar-refractivity contribution in [1.82, 2.24) is 4.98 Å². The molecule has 112 valence electrons. The van der Waals surface area contributed by atoms with Gasteiger partial charge < -0.3 is 10.5 Å². The molecule has 0 aliphatic heterocycles. The topological polar surface area (TPSA) is 94.3 Å². The fraction of sp³-hybridized carbons (Fsp3) is 0.154. The molecule has 1 heterocycles. The number of aromatic nitrogens is 1. The van der Waals surface area contributed by atoms with Crippen molar-refractivity contribution in [2.75, 3.05) is 11.8 Å². The van der Waals surface area contributed by atoms with E-state index in [1.807, 2.05) is 0 Å². The predicted molar refractivity (Wildman–Crippen MR) is 83.6 cm³/mol. The number of nitrogens with zero attached hydrogens (tertiary/aromatic N) is 1. The molecule has 6 nitrogen and oxygen atoms in total. The van der Waals surface area contributed by atoms with Crippen LogP contribution in [0.25, 0.3) is 0 Å². The number of sulfonamides is 1. The Hall–Kier alpha value is -1.64. The van der Waals surface area contributed by atoms with Gasteiger partial charge in [0, 0.05) is 12.7 Å². The van der Waals surface area contributed by atoms with E-state index >= 15 is 0 Å². The Kier molecular flexibility index (Phi) is 4.81. The van der Waals surface area contributed by atoms with Gasteiger partial charge in [-0.25, -0.2) is 13.4 Å². The summed E-state index contributed by atoms with van der Waals surface area (Å²) in [6.07, 6.45) is 1.50. The van der Waals surface area contributed by atoms with Crippen molar-refractivity contribution in [3.8, 4) is 5.75 Å². The molecule has 0 aliphatic rings. The van der Waals surface area contributed by atoms with Gasteiger partial charge in [-0.15, -0.1) is 0 Å². The van der Waals surface area contributed by atoms with Gasteiger partial charge >= 0.3 is 0 Å². The Morgan fingerprint density at radius 1 is 1.38 bits per heavy atom. The Labute approximate surface area is 131 Å². The molecule has 1 aromatic carbocycles. The van der Waals surface area contributed by atoms with Gasteiger partial charge in [-0.05, 0) is 45.8 Å². The lowest BCUT2D eigenvalue weighted by Gasteiger charge is -2.12. The van der Waals surface area contributed by atoms with Crippen molar-refractivity contribution in [3.63, 3.8) is 0 Å². The van der Waals surface area contributed by atoms with Gasteiger partial charge in [0.05, 0.1) is 11.6 Å². The zero-order valence-corrected chi connectivity index (χ0v) is 13.6. The zero-order chi connectivity index (χ0) is 15.5. The van der Waals surface area contributed by atoms with Crippen LogP contribution in [0.1, 0.15) is 5.56 Å². The molecule has 8 heteroatoms. The van der Waals surface area contributed by atoms with Crippen LogP contribution >= 0.6 is 15.9 Å². The van der Waals surface area contributed by atoms with E-state index in [4.69, 9.17) is 10.5 Å². The number of hydrogen-bond donors (Lipinski definition) is 2. The van der Waals surface area contributed by atoms with E-state index in [9.17, 15) is 8.42 Å². The van der Waals surface area contributed by atoms with Crippen LogP contribution in [-0.4, -0.2) is 20.5 Å². The lowest BCUT2D eigenvalue weighted by Crippen LogP contribution is -2.15. The number of methoxy groups -OCH3 is 1. The SMILES string of the molecule is COc1cc(CN)ccc1S(=O)(=O)Nc1ncccc1Br. The summed E-state index contributed by atoms with van der Waals surface area (Å²) in [6, 6.07) is 8.09. The third kappa shape index (κ3) is 3.52. The summed E-state index contributed by atoms with van der Waals surface area (Å²) in [4.78, 5) is 4.01. The van der Waals surface area contributed by atoms with Crippen LogP contribution in [0.4, 0.5) is 5.82 Å². The van der Waals surface area contributed by atoms with Crippen LogP contribution in [0.15, 0.2) is 45.9 Å². The monoisotopic (exact) mass is 371 g/mol. The zero-order valence-electron chi connectivity index (χ0n) is 11.2. The molecule has 3 N–H and O–H groups in total. The van der Waals surface area contributed by atoms with E-state index < -0.39 is 10.0 Å². The molecule has 1 aromatic heterocycles. The molecule has 2 rings (SSSR count). The number of halogens is 1. The summed E-state index contributed by atoms with van der Waals surface area (Å²) >= 11 is 3.24. The van der Waals surface area contributed by atoms with Crippen LogP contribution in [0, 0.1) is 0 Å². The van der Waals surface area contributed by atoms with Crippen LogP contribution in [0.3, 0.4) is 0 Å². The number of hydrogen-bond acceptors (Lipinski definition) is 5. The minimum Gasteiger partial charge on any atom is -0.495 e. The van der Waals surface area contributed by atoms with Crippen molar-refractivity contribution in [2.24, 2.45) is 5.73 Å². The second kappa shape index (κ2) is 6.42. The highest BCUT2D eigenvalue weighted by molar-refractivity contribution is 9.10. The van der Waals surface area contributed by atoms with Crippen molar-refractivity contribution in [2.45, 2.75) is 11.4 Å². The molecular weight excluding hydrogens is 358 g/mol. The number of nitrogens with two attached hydrogens (primary N) is 1. The van der Waals surface area contributed by atoms with Crippen LogP contribution in [-0.2, 0) is 16.6 Å². The first-order valence-electron chi connectivity index (χ1n) is 5.98. The van der Waals surface area contributed by atoms with E-state index in [1.165, 1.54) is 19.4 Å². The number of rotatable bonds is 5. The lowest BCUT2D eigenvalue weighted by molar-refractivity contribution is 0.402. The van der Waals surface area contributed by atoms with Gasteiger partial charge in [0.2, 0.25) is 0 Å². The molecule has 0 bridgehead atoms. The molecule has 0 atom stereocenters. The van der Waals surface area contributed by atoms with Gasteiger partial charge in [-0.2, -0.15) is 0 Å². The molecule has 0 aliphatic carbocycles. The molecular formula is C13H14BrN3O3S. The third-order valence-electron chi connectivity index (χ3n) is 2.74. The van der Waals surface area contributed by atoms with Gasteiger partial charge in [-0.3, -0.25) is 4.72 Å². The Bertz CT molecular complexity index is 750. The smallest absolute Gasteiger partial charge is 0.266 e. The normalized spacial score (nSPS) is 11.2. The van der Waals surface area contributed by atoms with Gasteiger partial charge in [-0.1, -0.05) is 6.07 Å². The molecule has 0 radical (unpaired) electrons. The first-order chi connectivity index (χ1) is 9.97. The minimum absolute atomic E-state index is 0.0275. The largest absolute Gasteiger partial charge is 0.495 e. The summed E-state index contributed by atoms with van der Waals surface area (Å²) in [5.74, 6) is 0.444. The fourth-order valence-electron chi connectivity index (χ4n) is 1.70. The number of ether oxygens (including phenoxy) is 1.